The Hall–Kier alpha value is -1.86. The molecule has 4 heteroatoms. The number of benzene rings is 1. The first kappa shape index (κ1) is 13.6. The minimum absolute atomic E-state index is 0.0185. The van der Waals surface area contributed by atoms with Crippen LogP contribution in [0.5, 0.6) is 0 Å². The molecule has 1 heterocycles. The van der Waals surface area contributed by atoms with Crippen LogP contribution in [0.4, 0.5) is 5.69 Å². The van der Waals surface area contributed by atoms with Crippen LogP contribution in [-0.2, 0) is 4.79 Å². The molecule has 1 amide bonds. The standard InChI is InChI=1S/C15H19N3O/c16-11-12-5-1-2-7-14(12)18-15(19)9-8-13-6-3-4-10-17-13/h1-2,5,7,13,17H,3-4,6,8-10H2,(H,18,19). The number of piperidine rings is 1. The number of nitriles is 1. The monoisotopic (exact) mass is 257 g/mol. The SMILES string of the molecule is N#Cc1ccccc1NC(=O)CCC1CCCCN1. The lowest BCUT2D eigenvalue weighted by Gasteiger charge is -2.23. The van der Waals surface area contributed by atoms with Crippen molar-refractivity contribution in [2.75, 3.05) is 11.9 Å². The molecular formula is C15H19N3O. The predicted octanol–water partition coefficient (Wildman–Crippen LogP) is 2.42. The van der Waals surface area contributed by atoms with Gasteiger partial charge in [0, 0.05) is 12.5 Å². The Morgan fingerprint density at radius 1 is 1.42 bits per heavy atom. The predicted molar refractivity (Wildman–Crippen MR) is 74.7 cm³/mol. The molecule has 0 saturated carbocycles. The summed E-state index contributed by atoms with van der Waals surface area (Å²) in [6, 6.07) is 9.62. The fourth-order valence-corrected chi connectivity index (χ4v) is 2.38. The molecule has 0 radical (unpaired) electrons. The normalized spacial score (nSPS) is 18.6. The molecule has 0 bridgehead atoms. The van der Waals surface area contributed by atoms with E-state index in [4.69, 9.17) is 5.26 Å². The van der Waals surface area contributed by atoms with Crippen molar-refractivity contribution in [3.63, 3.8) is 0 Å². The van der Waals surface area contributed by atoms with Gasteiger partial charge in [0.05, 0.1) is 11.3 Å². The van der Waals surface area contributed by atoms with Crippen LogP contribution in [0.1, 0.15) is 37.7 Å². The molecule has 1 aromatic carbocycles. The summed E-state index contributed by atoms with van der Waals surface area (Å²) in [6.07, 6.45) is 4.99. The number of carbonyl (C=O) groups is 1. The van der Waals surface area contributed by atoms with E-state index in [1.807, 2.05) is 6.07 Å². The van der Waals surface area contributed by atoms with Crippen molar-refractivity contribution in [2.45, 2.75) is 38.1 Å². The number of anilines is 1. The zero-order valence-corrected chi connectivity index (χ0v) is 11.0. The lowest BCUT2D eigenvalue weighted by molar-refractivity contribution is -0.116. The van der Waals surface area contributed by atoms with Gasteiger partial charge in [-0.15, -0.1) is 0 Å². The number of hydrogen-bond donors (Lipinski definition) is 2. The summed E-state index contributed by atoms with van der Waals surface area (Å²) in [5.41, 5.74) is 1.11. The summed E-state index contributed by atoms with van der Waals surface area (Å²) in [7, 11) is 0. The maximum atomic E-state index is 11.9. The van der Waals surface area contributed by atoms with Crippen LogP contribution >= 0.6 is 0 Å². The average molecular weight is 257 g/mol. The Morgan fingerprint density at radius 3 is 3.00 bits per heavy atom. The van der Waals surface area contributed by atoms with Crippen molar-refractivity contribution in [2.24, 2.45) is 0 Å². The van der Waals surface area contributed by atoms with Gasteiger partial charge in [0.2, 0.25) is 5.91 Å². The Morgan fingerprint density at radius 2 is 2.26 bits per heavy atom. The molecule has 1 saturated heterocycles. The van der Waals surface area contributed by atoms with E-state index in [0.717, 1.165) is 19.4 Å². The number of rotatable bonds is 4. The number of nitrogens with zero attached hydrogens (tertiary/aromatic N) is 1. The number of nitrogens with one attached hydrogen (secondary N) is 2. The van der Waals surface area contributed by atoms with E-state index < -0.39 is 0 Å². The van der Waals surface area contributed by atoms with Crippen molar-refractivity contribution in [1.82, 2.24) is 5.32 Å². The van der Waals surface area contributed by atoms with Gasteiger partial charge in [0.15, 0.2) is 0 Å². The first-order valence-electron chi connectivity index (χ1n) is 6.82. The molecule has 19 heavy (non-hydrogen) atoms. The zero-order valence-electron chi connectivity index (χ0n) is 11.0. The van der Waals surface area contributed by atoms with Crippen LogP contribution in [0.25, 0.3) is 0 Å². The first-order chi connectivity index (χ1) is 9.29. The van der Waals surface area contributed by atoms with Crippen molar-refractivity contribution in [1.29, 1.82) is 5.26 Å². The van der Waals surface area contributed by atoms with Crippen molar-refractivity contribution < 1.29 is 4.79 Å². The van der Waals surface area contributed by atoms with Gasteiger partial charge in [-0.2, -0.15) is 5.26 Å². The molecule has 4 nitrogen and oxygen atoms in total. The summed E-state index contributed by atoms with van der Waals surface area (Å²) in [5, 5.41) is 15.2. The molecule has 1 fully saturated rings. The smallest absolute Gasteiger partial charge is 0.224 e. The lowest BCUT2D eigenvalue weighted by Crippen LogP contribution is -2.34. The van der Waals surface area contributed by atoms with Crippen LogP contribution < -0.4 is 10.6 Å². The van der Waals surface area contributed by atoms with Gasteiger partial charge in [-0.1, -0.05) is 18.6 Å². The summed E-state index contributed by atoms with van der Waals surface area (Å²) in [4.78, 5) is 11.9. The van der Waals surface area contributed by atoms with Gasteiger partial charge in [0.25, 0.3) is 0 Å². The topological polar surface area (TPSA) is 64.9 Å². The van der Waals surface area contributed by atoms with Crippen LogP contribution in [-0.4, -0.2) is 18.5 Å². The number of carbonyl (C=O) groups excluding carboxylic acids is 1. The molecular weight excluding hydrogens is 238 g/mol. The molecule has 0 aromatic heterocycles. The number of amides is 1. The summed E-state index contributed by atoms with van der Waals surface area (Å²) < 4.78 is 0. The minimum atomic E-state index is -0.0185. The van der Waals surface area contributed by atoms with E-state index in [1.54, 1.807) is 18.2 Å². The van der Waals surface area contributed by atoms with E-state index in [-0.39, 0.29) is 5.91 Å². The van der Waals surface area contributed by atoms with Crippen LogP contribution in [0.2, 0.25) is 0 Å². The quantitative estimate of drug-likeness (QED) is 0.870. The highest BCUT2D eigenvalue weighted by Crippen LogP contribution is 2.15. The fourth-order valence-electron chi connectivity index (χ4n) is 2.38. The highest BCUT2D eigenvalue weighted by Gasteiger charge is 2.14. The molecule has 1 aliphatic rings. The molecule has 2 N–H and O–H groups in total. The van der Waals surface area contributed by atoms with Crippen LogP contribution in [0.15, 0.2) is 24.3 Å². The molecule has 2 rings (SSSR count). The van der Waals surface area contributed by atoms with Crippen LogP contribution in [0, 0.1) is 11.3 Å². The second-order valence-corrected chi connectivity index (χ2v) is 4.89. The lowest BCUT2D eigenvalue weighted by atomic mass is 10.0. The molecule has 1 atom stereocenters. The van der Waals surface area contributed by atoms with Crippen molar-refractivity contribution in [3.05, 3.63) is 29.8 Å². The molecule has 1 aliphatic heterocycles. The second-order valence-electron chi connectivity index (χ2n) is 4.89. The highest BCUT2D eigenvalue weighted by molar-refractivity contribution is 5.92. The molecule has 1 unspecified atom stereocenters. The van der Waals surface area contributed by atoms with E-state index in [1.165, 1.54) is 12.8 Å². The van der Waals surface area contributed by atoms with Gasteiger partial charge in [-0.3, -0.25) is 4.79 Å². The maximum absolute atomic E-state index is 11.9. The Balaban J connectivity index is 1.82. The van der Waals surface area contributed by atoms with E-state index in [0.29, 0.717) is 23.7 Å². The summed E-state index contributed by atoms with van der Waals surface area (Å²) in [6.45, 7) is 1.06. The Kier molecular flexibility index (Phi) is 4.93. The molecule has 0 spiro atoms. The molecule has 0 aliphatic carbocycles. The second kappa shape index (κ2) is 6.91. The summed E-state index contributed by atoms with van der Waals surface area (Å²) >= 11 is 0. The molecule has 100 valence electrons. The third kappa shape index (κ3) is 4.08. The third-order valence-electron chi connectivity index (χ3n) is 3.45. The van der Waals surface area contributed by atoms with Gasteiger partial charge < -0.3 is 10.6 Å². The van der Waals surface area contributed by atoms with Crippen LogP contribution in [0.3, 0.4) is 0 Å². The number of hydrogen-bond acceptors (Lipinski definition) is 3. The Bertz CT molecular complexity index is 473. The zero-order chi connectivity index (χ0) is 13.5. The van der Waals surface area contributed by atoms with E-state index >= 15 is 0 Å². The molecule has 1 aromatic rings. The van der Waals surface area contributed by atoms with Gasteiger partial charge in [-0.05, 0) is 37.9 Å². The van der Waals surface area contributed by atoms with Crippen molar-refractivity contribution >= 4 is 11.6 Å². The minimum Gasteiger partial charge on any atom is -0.325 e. The van der Waals surface area contributed by atoms with E-state index in [9.17, 15) is 4.79 Å². The van der Waals surface area contributed by atoms with E-state index in [2.05, 4.69) is 16.7 Å². The average Bonchev–Trinajstić information content (AvgIpc) is 2.47. The largest absolute Gasteiger partial charge is 0.325 e. The van der Waals surface area contributed by atoms with Gasteiger partial charge in [-0.25, -0.2) is 0 Å². The highest BCUT2D eigenvalue weighted by atomic mass is 16.1. The first-order valence-corrected chi connectivity index (χ1v) is 6.82. The summed E-state index contributed by atoms with van der Waals surface area (Å²) in [5.74, 6) is -0.0185. The van der Waals surface area contributed by atoms with Gasteiger partial charge >= 0.3 is 0 Å². The third-order valence-corrected chi connectivity index (χ3v) is 3.45. The Labute approximate surface area is 113 Å². The van der Waals surface area contributed by atoms with Crippen molar-refractivity contribution in [3.8, 4) is 6.07 Å². The maximum Gasteiger partial charge on any atom is 0.224 e. The fraction of sp³-hybridized carbons (Fsp3) is 0.467. The van der Waals surface area contributed by atoms with Gasteiger partial charge in [0.1, 0.15) is 6.07 Å². The number of para-hydroxylation sites is 1.